The number of methoxy groups -OCH3 is 2. The molecule has 2 fully saturated rings. The maximum atomic E-state index is 11.5. The first kappa shape index (κ1) is 33.8. The number of rotatable bonds is 15. The summed E-state index contributed by atoms with van der Waals surface area (Å²) in [4.78, 5) is 22.3. The summed E-state index contributed by atoms with van der Waals surface area (Å²) in [7, 11) is 4.44. The zero-order valence-corrected chi connectivity index (χ0v) is 24.6. The van der Waals surface area contributed by atoms with E-state index in [0.29, 0.717) is 37.3 Å². The van der Waals surface area contributed by atoms with Crippen molar-refractivity contribution in [3.8, 4) is 0 Å². The highest BCUT2D eigenvalue weighted by Gasteiger charge is 2.47. The molecule has 1 aliphatic heterocycles. The number of thiocarbonyl (C=S) groups is 1. The van der Waals surface area contributed by atoms with Crippen LogP contribution in [0.15, 0.2) is 0 Å². The third-order valence-electron chi connectivity index (χ3n) is 6.56. The van der Waals surface area contributed by atoms with Crippen LogP contribution in [-0.2, 0) is 44.6 Å². The molecule has 0 spiro atoms. The molecular formula is C22H41N2O11PS2. The lowest BCUT2D eigenvalue weighted by Crippen LogP contribution is -2.64. The van der Waals surface area contributed by atoms with Gasteiger partial charge in [0, 0.05) is 40.8 Å². The van der Waals surface area contributed by atoms with E-state index in [4.69, 9.17) is 52.0 Å². The molecule has 1 amide bonds. The fourth-order valence-corrected chi connectivity index (χ4v) is 6.01. The molecular weight excluding hydrogens is 563 g/mol. The number of unbranched alkanes of at least 4 members (excludes halogenated alkanes) is 1. The van der Waals surface area contributed by atoms with E-state index in [1.807, 2.05) is 0 Å². The number of nitrogens with one attached hydrogen (secondary N) is 2. The van der Waals surface area contributed by atoms with Crippen molar-refractivity contribution < 1.29 is 53.0 Å². The van der Waals surface area contributed by atoms with E-state index in [1.165, 1.54) is 14.0 Å². The lowest BCUT2D eigenvalue weighted by molar-refractivity contribution is -0.270. The molecule has 1 aliphatic carbocycles. The monoisotopic (exact) mass is 604 g/mol. The molecule has 1 saturated carbocycles. The summed E-state index contributed by atoms with van der Waals surface area (Å²) in [5, 5.41) is 35.7. The van der Waals surface area contributed by atoms with Crippen molar-refractivity contribution in [2.45, 2.75) is 81.5 Å². The zero-order chi connectivity index (χ0) is 28.5. The van der Waals surface area contributed by atoms with Gasteiger partial charge in [-0.05, 0) is 37.5 Å². The van der Waals surface area contributed by atoms with Crippen LogP contribution in [0, 0.1) is 5.92 Å². The fourth-order valence-electron chi connectivity index (χ4n) is 4.73. The summed E-state index contributed by atoms with van der Waals surface area (Å²) in [5.74, 6) is -0.507. The van der Waals surface area contributed by atoms with E-state index in [9.17, 15) is 25.0 Å². The molecule has 2 unspecified atom stereocenters. The molecule has 1 heterocycles. The molecule has 2 aliphatic rings. The normalized spacial score (nSPS) is 35.0. The standard InChI is InChI=1S/C22H41N2O11PS2/c1-12(26)23-17-19(28)18(27)15(10-25)34-22(17)33-8-6-5-7-16(37)24-14-9-13(11-30-2)20(21(14)31-3)35-36(29,38)32-4/h13-15,17-22,25,27-28H,5-11H2,1-4H3,(H,23,26)(H,24,37)(H,29,38)/t13-,14-,15-,17-,18+,19-,20?,21-,22-,36?/m1/s1. The van der Waals surface area contributed by atoms with Gasteiger partial charge in [-0.1, -0.05) is 12.2 Å². The number of hydrogen-bond acceptors (Lipinski definition) is 12. The molecule has 1 saturated heterocycles. The number of amides is 1. The summed E-state index contributed by atoms with van der Waals surface area (Å²) in [6, 6.07) is -1.16. The van der Waals surface area contributed by atoms with Gasteiger partial charge < -0.3 is 58.8 Å². The van der Waals surface area contributed by atoms with Gasteiger partial charge in [0.1, 0.15) is 36.6 Å². The summed E-state index contributed by atoms with van der Waals surface area (Å²) >= 11 is 10.6. The van der Waals surface area contributed by atoms with Gasteiger partial charge in [0.15, 0.2) is 6.29 Å². The topological polar surface area (TPSA) is 177 Å². The van der Waals surface area contributed by atoms with Crippen molar-refractivity contribution in [1.29, 1.82) is 0 Å². The minimum atomic E-state index is -3.41. The second kappa shape index (κ2) is 16.2. The van der Waals surface area contributed by atoms with Crippen LogP contribution in [0.3, 0.4) is 0 Å². The van der Waals surface area contributed by atoms with Crippen LogP contribution < -0.4 is 10.6 Å². The number of hydrogen-bond donors (Lipinski definition) is 6. The predicted octanol–water partition coefficient (Wildman–Crippen LogP) is -0.668. The molecule has 0 aromatic rings. The number of carbonyl (C=O) groups is 1. The highest BCUT2D eigenvalue weighted by atomic mass is 32.5. The van der Waals surface area contributed by atoms with E-state index >= 15 is 0 Å². The highest BCUT2D eigenvalue weighted by Crippen LogP contribution is 2.48. The maximum Gasteiger partial charge on any atom is 0.324 e. The smallest absolute Gasteiger partial charge is 0.324 e. The van der Waals surface area contributed by atoms with Crippen LogP contribution in [0.1, 0.15) is 32.6 Å². The second-order valence-electron chi connectivity index (χ2n) is 9.31. The molecule has 10 atom stereocenters. The van der Waals surface area contributed by atoms with Gasteiger partial charge in [0.2, 0.25) is 5.91 Å². The van der Waals surface area contributed by atoms with Gasteiger partial charge in [-0.3, -0.25) is 4.79 Å². The molecule has 6 N–H and O–H groups in total. The highest BCUT2D eigenvalue weighted by molar-refractivity contribution is 8.07. The molecule has 38 heavy (non-hydrogen) atoms. The molecule has 222 valence electrons. The third kappa shape index (κ3) is 9.61. The van der Waals surface area contributed by atoms with Gasteiger partial charge in [-0.25, -0.2) is 0 Å². The number of carbonyl (C=O) groups excluding carboxylic acids is 1. The summed E-state index contributed by atoms with van der Waals surface area (Å²) in [6.45, 7) is -2.02. The zero-order valence-electron chi connectivity index (χ0n) is 22.1. The van der Waals surface area contributed by atoms with Gasteiger partial charge in [0.05, 0.1) is 24.2 Å². The van der Waals surface area contributed by atoms with Crippen LogP contribution >= 0.6 is 18.9 Å². The van der Waals surface area contributed by atoms with Gasteiger partial charge in [0.25, 0.3) is 0 Å². The minimum Gasteiger partial charge on any atom is -0.394 e. The van der Waals surface area contributed by atoms with Crippen molar-refractivity contribution in [3.63, 3.8) is 0 Å². The van der Waals surface area contributed by atoms with Crippen molar-refractivity contribution in [2.24, 2.45) is 5.92 Å². The van der Waals surface area contributed by atoms with Crippen molar-refractivity contribution >= 4 is 41.6 Å². The van der Waals surface area contributed by atoms with E-state index in [1.54, 1.807) is 14.2 Å². The van der Waals surface area contributed by atoms with Crippen molar-refractivity contribution in [2.75, 3.05) is 41.2 Å². The van der Waals surface area contributed by atoms with E-state index in [-0.39, 0.29) is 18.6 Å². The maximum absolute atomic E-state index is 11.5. The lowest BCUT2D eigenvalue weighted by Gasteiger charge is -2.42. The first-order chi connectivity index (χ1) is 18.0. The van der Waals surface area contributed by atoms with E-state index < -0.39 is 62.1 Å². The van der Waals surface area contributed by atoms with Crippen LogP contribution in [0.4, 0.5) is 0 Å². The average molecular weight is 605 g/mol. The Kier molecular flexibility index (Phi) is 14.4. The van der Waals surface area contributed by atoms with Gasteiger partial charge in [-0.2, -0.15) is 0 Å². The Hall–Kier alpha value is -0.390. The number of ether oxygens (including phenoxy) is 4. The summed E-state index contributed by atoms with van der Waals surface area (Å²) in [5.41, 5.74) is 0. The van der Waals surface area contributed by atoms with Crippen molar-refractivity contribution in [3.05, 3.63) is 0 Å². The summed E-state index contributed by atoms with van der Waals surface area (Å²) < 4.78 is 32.9. The van der Waals surface area contributed by atoms with Crippen LogP contribution in [0.5, 0.6) is 0 Å². The van der Waals surface area contributed by atoms with Crippen LogP contribution in [0.25, 0.3) is 0 Å². The Morgan fingerprint density at radius 2 is 1.84 bits per heavy atom. The molecule has 0 aromatic carbocycles. The molecule has 16 heteroatoms. The quantitative estimate of drug-likeness (QED) is 0.0788. The second-order valence-corrected chi connectivity index (χ2v) is 12.7. The largest absolute Gasteiger partial charge is 0.394 e. The Morgan fingerprint density at radius 1 is 1.13 bits per heavy atom. The SMILES string of the molecule is COC[C@H]1C[C@@H](NC(=S)CCCCO[C@@H]2O[C@H](CO)[C@H](O)[C@H](O)[C@H]2NC(C)=O)[C@@H](OC)C1OP(O)(=S)OC. The van der Waals surface area contributed by atoms with Crippen LogP contribution in [-0.4, -0.2) is 121 Å². The molecule has 13 nitrogen and oxygen atoms in total. The Balaban J connectivity index is 1.85. The van der Waals surface area contributed by atoms with E-state index in [2.05, 4.69) is 10.6 Å². The average Bonchev–Trinajstić information content (AvgIpc) is 3.17. The lowest BCUT2D eigenvalue weighted by atomic mass is 9.97. The Morgan fingerprint density at radius 3 is 2.42 bits per heavy atom. The molecule has 2 rings (SSSR count). The molecule has 0 radical (unpaired) electrons. The van der Waals surface area contributed by atoms with Crippen LogP contribution in [0.2, 0.25) is 0 Å². The molecule has 0 bridgehead atoms. The number of aliphatic hydroxyl groups excluding tert-OH is 3. The van der Waals surface area contributed by atoms with E-state index in [0.717, 1.165) is 0 Å². The van der Waals surface area contributed by atoms with Crippen molar-refractivity contribution in [1.82, 2.24) is 10.6 Å². The first-order valence-corrected chi connectivity index (χ1v) is 15.4. The third-order valence-corrected chi connectivity index (χ3v) is 8.56. The summed E-state index contributed by atoms with van der Waals surface area (Å²) in [6.07, 6.45) is -3.31. The van der Waals surface area contributed by atoms with Gasteiger partial charge >= 0.3 is 6.72 Å². The Bertz CT molecular complexity index is 813. The fraction of sp³-hybridized carbons (Fsp3) is 0.909. The predicted molar refractivity (Wildman–Crippen MR) is 144 cm³/mol. The molecule has 0 aromatic heterocycles. The first-order valence-electron chi connectivity index (χ1n) is 12.4. The Labute approximate surface area is 233 Å². The number of aliphatic hydroxyl groups is 3. The van der Waals surface area contributed by atoms with Gasteiger partial charge in [-0.15, -0.1) is 0 Å². The minimum absolute atomic E-state index is 0.0908.